The molecule has 1 unspecified atom stereocenters. The smallest absolute Gasteiger partial charge is 0.235 e. The summed E-state index contributed by atoms with van der Waals surface area (Å²) in [6.45, 7) is 1.85. The first-order valence-corrected chi connectivity index (χ1v) is 7.21. The summed E-state index contributed by atoms with van der Waals surface area (Å²) in [7, 11) is 0. The number of benzene rings is 1. The molecule has 1 aliphatic rings. The van der Waals surface area contributed by atoms with Gasteiger partial charge in [0, 0.05) is 17.5 Å². The number of ether oxygens (including phenoxy) is 1. The Hall–Kier alpha value is -1.23. The van der Waals surface area contributed by atoms with E-state index < -0.39 is 0 Å². The van der Waals surface area contributed by atoms with Gasteiger partial charge in [0.05, 0.1) is 11.2 Å². The lowest BCUT2D eigenvalue weighted by atomic mass is 10.0. The summed E-state index contributed by atoms with van der Waals surface area (Å²) in [5.74, 6) is 1.47. The summed E-state index contributed by atoms with van der Waals surface area (Å²) in [5, 5.41) is 4.39. The molecule has 1 aromatic heterocycles. The molecule has 0 saturated carbocycles. The molecule has 106 valence electrons. The van der Waals surface area contributed by atoms with Gasteiger partial charge in [0.15, 0.2) is 6.10 Å². The number of nitrogens with zero attached hydrogens (tertiary/aromatic N) is 1. The summed E-state index contributed by atoms with van der Waals surface area (Å²) in [5.41, 5.74) is 0. The van der Waals surface area contributed by atoms with Gasteiger partial charge in [-0.2, -0.15) is 0 Å². The van der Waals surface area contributed by atoms with Crippen LogP contribution in [-0.4, -0.2) is 18.1 Å². The van der Waals surface area contributed by atoms with Crippen molar-refractivity contribution in [2.45, 2.75) is 12.5 Å². The van der Waals surface area contributed by atoms with Crippen molar-refractivity contribution in [3.63, 3.8) is 0 Å². The SMILES string of the molecule is Clc1ccc(O[C@H](c2ncco2)C2CCNC2)c(Cl)c1. The third-order valence-electron chi connectivity index (χ3n) is 3.37. The van der Waals surface area contributed by atoms with E-state index in [9.17, 15) is 0 Å². The monoisotopic (exact) mass is 312 g/mol. The van der Waals surface area contributed by atoms with Gasteiger partial charge < -0.3 is 14.5 Å². The lowest BCUT2D eigenvalue weighted by molar-refractivity contribution is 0.114. The lowest BCUT2D eigenvalue weighted by Crippen LogP contribution is -2.21. The number of oxazole rings is 1. The molecule has 1 aliphatic heterocycles. The topological polar surface area (TPSA) is 47.3 Å². The first-order chi connectivity index (χ1) is 9.74. The van der Waals surface area contributed by atoms with Crippen LogP contribution in [0.1, 0.15) is 18.4 Å². The van der Waals surface area contributed by atoms with Crippen molar-refractivity contribution in [2.75, 3.05) is 13.1 Å². The minimum Gasteiger partial charge on any atom is -0.479 e. The van der Waals surface area contributed by atoms with Gasteiger partial charge in [-0.1, -0.05) is 23.2 Å². The van der Waals surface area contributed by atoms with E-state index in [1.165, 1.54) is 0 Å². The van der Waals surface area contributed by atoms with Crippen LogP contribution in [0.4, 0.5) is 0 Å². The molecule has 0 spiro atoms. The highest BCUT2D eigenvalue weighted by atomic mass is 35.5. The van der Waals surface area contributed by atoms with Gasteiger partial charge in [-0.05, 0) is 31.2 Å². The van der Waals surface area contributed by atoms with Gasteiger partial charge in [-0.3, -0.25) is 0 Å². The van der Waals surface area contributed by atoms with Gasteiger partial charge in [0.2, 0.25) is 5.89 Å². The molecule has 1 aromatic carbocycles. The van der Waals surface area contributed by atoms with Crippen molar-refractivity contribution in [2.24, 2.45) is 5.92 Å². The van der Waals surface area contributed by atoms with Crippen molar-refractivity contribution in [1.29, 1.82) is 0 Å². The molecular formula is C14H14Cl2N2O2. The fourth-order valence-electron chi connectivity index (χ4n) is 2.37. The fraction of sp³-hybridized carbons (Fsp3) is 0.357. The molecule has 20 heavy (non-hydrogen) atoms. The van der Waals surface area contributed by atoms with Crippen molar-refractivity contribution in [1.82, 2.24) is 10.3 Å². The molecule has 2 heterocycles. The van der Waals surface area contributed by atoms with E-state index >= 15 is 0 Å². The zero-order valence-electron chi connectivity index (χ0n) is 10.7. The van der Waals surface area contributed by atoms with Crippen LogP contribution in [0.15, 0.2) is 35.1 Å². The van der Waals surface area contributed by atoms with Gasteiger partial charge in [0.25, 0.3) is 0 Å². The molecule has 0 radical (unpaired) electrons. The summed E-state index contributed by atoms with van der Waals surface area (Å²) < 4.78 is 11.5. The highest BCUT2D eigenvalue weighted by Gasteiger charge is 2.31. The second-order valence-electron chi connectivity index (χ2n) is 4.74. The average Bonchev–Trinajstić information content (AvgIpc) is 3.11. The van der Waals surface area contributed by atoms with Crippen LogP contribution >= 0.6 is 23.2 Å². The molecule has 2 aromatic rings. The predicted molar refractivity (Wildman–Crippen MR) is 77.3 cm³/mol. The molecular weight excluding hydrogens is 299 g/mol. The molecule has 0 amide bonds. The standard InChI is InChI=1S/C14H14Cl2N2O2/c15-10-1-2-12(11(16)7-10)20-13(9-3-4-17-8-9)14-18-5-6-19-14/h1-2,5-7,9,13,17H,3-4,8H2/t9?,13-/m0/s1. The number of nitrogens with one attached hydrogen (secondary N) is 1. The molecule has 0 bridgehead atoms. The van der Waals surface area contributed by atoms with Crippen LogP contribution in [0.25, 0.3) is 0 Å². The molecule has 6 heteroatoms. The Kier molecular flexibility index (Phi) is 4.15. The van der Waals surface area contributed by atoms with Crippen LogP contribution in [-0.2, 0) is 0 Å². The number of aromatic nitrogens is 1. The van der Waals surface area contributed by atoms with E-state index in [2.05, 4.69) is 10.3 Å². The molecule has 1 saturated heterocycles. The molecule has 3 rings (SSSR count). The van der Waals surface area contributed by atoms with Crippen molar-refractivity contribution in [3.05, 3.63) is 46.6 Å². The summed E-state index contributed by atoms with van der Waals surface area (Å²) in [4.78, 5) is 4.22. The summed E-state index contributed by atoms with van der Waals surface area (Å²) in [6, 6.07) is 5.18. The Morgan fingerprint density at radius 1 is 1.40 bits per heavy atom. The largest absolute Gasteiger partial charge is 0.479 e. The molecule has 0 aliphatic carbocycles. The average molecular weight is 313 g/mol. The minimum atomic E-state index is -0.251. The maximum Gasteiger partial charge on any atom is 0.235 e. The van der Waals surface area contributed by atoms with Crippen molar-refractivity contribution in [3.8, 4) is 5.75 Å². The third kappa shape index (κ3) is 2.92. The van der Waals surface area contributed by atoms with Crippen molar-refractivity contribution >= 4 is 23.2 Å². The van der Waals surface area contributed by atoms with E-state index in [0.29, 0.717) is 27.6 Å². The van der Waals surface area contributed by atoms with E-state index in [1.807, 2.05) is 0 Å². The van der Waals surface area contributed by atoms with E-state index in [1.54, 1.807) is 30.7 Å². The Morgan fingerprint density at radius 2 is 2.30 bits per heavy atom. The zero-order chi connectivity index (χ0) is 13.9. The Balaban J connectivity index is 1.86. The Labute approximate surface area is 127 Å². The Morgan fingerprint density at radius 3 is 2.95 bits per heavy atom. The van der Waals surface area contributed by atoms with E-state index in [0.717, 1.165) is 19.5 Å². The normalized spacial score (nSPS) is 20.0. The van der Waals surface area contributed by atoms with Crippen LogP contribution in [0.5, 0.6) is 5.75 Å². The summed E-state index contributed by atoms with van der Waals surface area (Å²) >= 11 is 12.1. The number of rotatable bonds is 4. The Bertz CT molecular complexity index is 569. The minimum absolute atomic E-state index is 0.251. The molecule has 1 fully saturated rings. The van der Waals surface area contributed by atoms with Crippen LogP contribution in [0.2, 0.25) is 10.0 Å². The lowest BCUT2D eigenvalue weighted by Gasteiger charge is -2.22. The highest BCUT2D eigenvalue weighted by molar-refractivity contribution is 6.35. The summed E-state index contributed by atoms with van der Waals surface area (Å²) in [6.07, 6.45) is 3.94. The van der Waals surface area contributed by atoms with Gasteiger partial charge in [0.1, 0.15) is 12.0 Å². The first kappa shape index (κ1) is 13.7. The number of halogens is 2. The molecule has 4 nitrogen and oxygen atoms in total. The van der Waals surface area contributed by atoms with Crippen LogP contribution in [0, 0.1) is 5.92 Å². The molecule has 2 atom stereocenters. The van der Waals surface area contributed by atoms with Crippen LogP contribution < -0.4 is 10.1 Å². The van der Waals surface area contributed by atoms with Crippen molar-refractivity contribution < 1.29 is 9.15 Å². The quantitative estimate of drug-likeness (QED) is 0.935. The highest BCUT2D eigenvalue weighted by Crippen LogP contribution is 2.35. The number of hydrogen-bond donors (Lipinski definition) is 1. The second-order valence-corrected chi connectivity index (χ2v) is 5.58. The zero-order valence-corrected chi connectivity index (χ0v) is 12.2. The van der Waals surface area contributed by atoms with Gasteiger partial charge in [-0.25, -0.2) is 4.98 Å². The van der Waals surface area contributed by atoms with Gasteiger partial charge in [-0.15, -0.1) is 0 Å². The fourth-order valence-corrected chi connectivity index (χ4v) is 2.82. The maximum atomic E-state index is 6.17. The number of hydrogen-bond acceptors (Lipinski definition) is 4. The maximum absolute atomic E-state index is 6.17. The molecule has 1 N–H and O–H groups in total. The second kappa shape index (κ2) is 6.04. The first-order valence-electron chi connectivity index (χ1n) is 6.46. The predicted octanol–water partition coefficient (Wildman–Crippen LogP) is 3.71. The van der Waals surface area contributed by atoms with Gasteiger partial charge >= 0.3 is 0 Å². The van der Waals surface area contributed by atoms with E-state index in [4.69, 9.17) is 32.4 Å². The van der Waals surface area contributed by atoms with E-state index in [-0.39, 0.29) is 6.10 Å². The van der Waals surface area contributed by atoms with Crippen LogP contribution in [0.3, 0.4) is 0 Å². The third-order valence-corrected chi connectivity index (χ3v) is 3.90.